The molecule has 2 atom stereocenters. The zero-order valence-corrected chi connectivity index (χ0v) is 11.0. The Morgan fingerprint density at radius 2 is 2.15 bits per heavy atom. The minimum Gasteiger partial charge on any atom is -0.353 e. The zero-order chi connectivity index (χ0) is 14.9. The predicted octanol–water partition coefficient (Wildman–Crippen LogP) is 2.29. The van der Waals surface area contributed by atoms with E-state index >= 15 is 0 Å². The highest BCUT2D eigenvalue weighted by atomic mass is 19.4. The molecule has 2 N–H and O–H groups in total. The van der Waals surface area contributed by atoms with Crippen molar-refractivity contribution < 1.29 is 13.2 Å². The molecule has 7 heteroatoms. The highest BCUT2D eigenvalue weighted by Gasteiger charge is 2.34. The second kappa shape index (κ2) is 5.29. The molecule has 1 aromatic heterocycles. The number of nitrogens with zero attached hydrogens (tertiary/aromatic N) is 3. The minimum atomic E-state index is -4.52. The van der Waals surface area contributed by atoms with Crippen LogP contribution in [-0.2, 0) is 6.18 Å². The average molecular weight is 284 g/mol. The maximum atomic E-state index is 12.7. The summed E-state index contributed by atoms with van der Waals surface area (Å²) in [6.07, 6.45) is -3.17. The zero-order valence-electron chi connectivity index (χ0n) is 11.0. The summed E-state index contributed by atoms with van der Waals surface area (Å²) in [4.78, 5) is 5.38. The molecule has 1 saturated heterocycles. The van der Waals surface area contributed by atoms with E-state index in [1.807, 2.05) is 13.0 Å². The van der Waals surface area contributed by atoms with Gasteiger partial charge in [-0.2, -0.15) is 18.4 Å². The van der Waals surface area contributed by atoms with Crippen molar-refractivity contribution in [1.29, 1.82) is 5.26 Å². The standard InChI is InChI=1S/C13H15F3N4/c1-8-6-10(18)4-5-20(8)12-9(7-17)2-3-11(19-12)13(14,15)16/h2-3,8,10H,4-6,18H2,1H3. The lowest BCUT2D eigenvalue weighted by molar-refractivity contribution is -0.141. The van der Waals surface area contributed by atoms with E-state index in [1.54, 1.807) is 4.90 Å². The van der Waals surface area contributed by atoms with Gasteiger partial charge in [0.25, 0.3) is 0 Å². The molecule has 20 heavy (non-hydrogen) atoms. The first-order valence-corrected chi connectivity index (χ1v) is 6.33. The summed E-state index contributed by atoms with van der Waals surface area (Å²) in [5.74, 6) is 0.0988. The smallest absolute Gasteiger partial charge is 0.353 e. The maximum Gasteiger partial charge on any atom is 0.433 e. The lowest BCUT2D eigenvalue weighted by Crippen LogP contribution is -2.46. The average Bonchev–Trinajstić information content (AvgIpc) is 2.37. The van der Waals surface area contributed by atoms with Crippen molar-refractivity contribution in [2.75, 3.05) is 11.4 Å². The molecule has 0 aliphatic carbocycles. The van der Waals surface area contributed by atoms with Crippen molar-refractivity contribution >= 4 is 5.82 Å². The lowest BCUT2D eigenvalue weighted by atomic mass is 9.98. The Morgan fingerprint density at radius 3 is 2.70 bits per heavy atom. The van der Waals surface area contributed by atoms with Gasteiger partial charge in [-0.15, -0.1) is 0 Å². The van der Waals surface area contributed by atoms with Crippen LogP contribution in [0.4, 0.5) is 19.0 Å². The molecule has 2 heterocycles. The molecule has 0 saturated carbocycles. The Hall–Kier alpha value is -1.81. The van der Waals surface area contributed by atoms with Gasteiger partial charge in [0, 0.05) is 18.6 Å². The third-order valence-corrected chi connectivity index (χ3v) is 3.47. The Morgan fingerprint density at radius 1 is 1.45 bits per heavy atom. The fraction of sp³-hybridized carbons (Fsp3) is 0.538. The van der Waals surface area contributed by atoms with Gasteiger partial charge >= 0.3 is 6.18 Å². The van der Waals surface area contributed by atoms with Gasteiger partial charge in [-0.25, -0.2) is 4.98 Å². The second-order valence-corrected chi connectivity index (χ2v) is 5.00. The first kappa shape index (κ1) is 14.6. The number of hydrogen-bond donors (Lipinski definition) is 1. The Kier molecular flexibility index (Phi) is 3.86. The lowest BCUT2D eigenvalue weighted by Gasteiger charge is -2.37. The van der Waals surface area contributed by atoms with E-state index < -0.39 is 11.9 Å². The molecular weight excluding hydrogens is 269 g/mol. The van der Waals surface area contributed by atoms with Crippen molar-refractivity contribution in [2.45, 2.75) is 38.0 Å². The Bertz CT molecular complexity index is 535. The third-order valence-electron chi connectivity index (χ3n) is 3.47. The van der Waals surface area contributed by atoms with Crippen molar-refractivity contribution in [3.63, 3.8) is 0 Å². The number of anilines is 1. The molecule has 0 spiro atoms. The Labute approximate surface area is 115 Å². The van der Waals surface area contributed by atoms with Crippen molar-refractivity contribution in [1.82, 2.24) is 4.98 Å². The van der Waals surface area contributed by atoms with Crippen molar-refractivity contribution in [3.8, 4) is 6.07 Å². The van der Waals surface area contributed by atoms with E-state index in [0.717, 1.165) is 6.07 Å². The first-order valence-electron chi connectivity index (χ1n) is 6.33. The van der Waals surface area contributed by atoms with Gasteiger partial charge in [-0.3, -0.25) is 0 Å². The van der Waals surface area contributed by atoms with E-state index in [2.05, 4.69) is 4.98 Å². The predicted molar refractivity (Wildman–Crippen MR) is 68.0 cm³/mol. The van der Waals surface area contributed by atoms with Crippen LogP contribution in [0.25, 0.3) is 0 Å². The number of piperidine rings is 1. The van der Waals surface area contributed by atoms with Crippen LogP contribution in [0, 0.1) is 11.3 Å². The monoisotopic (exact) mass is 284 g/mol. The summed E-state index contributed by atoms with van der Waals surface area (Å²) < 4.78 is 38.2. The minimum absolute atomic E-state index is 0.0394. The van der Waals surface area contributed by atoms with Crippen LogP contribution in [0.3, 0.4) is 0 Å². The van der Waals surface area contributed by atoms with Crippen LogP contribution < -0.4 is 10.6 Å². The molecule has 0 aromatic carbocycles. The fourth-order valence-corrected chi connectivity index (χ4v) is 2.44. The summed E-state index contributed by atoms with van der Waals surface area (Å²) in [6, 6.07) is 3.91. The molecule has 108 valence electrons. The molecule has 4 nitrogen and oxygen atoms in total. The van der Waals surface area contributed by atoms with Crippen molar-refractivity contribution in [2.24, 2.45) is 5.73 Å². The van der Waals surface area contributed by atoms with Gasteiger partial charge in [0.2, 0.25) is 0 Å². The molecule has 2 rings (SSSR count). The van der Waals surface area contributed by atoms with Gasteiger partial charge in [0.05, 0.1) is 5.56 Å². The number of pyridine rings is 1. The molecule has 0 bridgehead atoms. The second-order valence-electron chi connectivity index (χ2n) is 5.00. The van der Waals surface area contributed by atoms with Gasteiger partial charge in [-0.05, 0) is 31.9 Å². The van der Waals surface area contributed by atoms with Gasteiger partial charge in [0.15, 0.2) is 0 Å². The highest BCUT2D eigenvalue weighted by molar-refractivity contribution is 5.55. The van der Waals surface area contributed by atoms with Crippen LogP contribution in [0.1, 0.15) is 31.0 Å². The molecule has 1 fully saturated rings. The van der Waals surface area contributed by atoms with E-state index in [9.17, 15) is 13.2 Å². The van der Waals surface area contributed by atoms with Crippen molar-refractivity contribution in [3.05, 3.63) is 23.4 Å². The SMILES string of the molecule is CC1CC(N)CCN1c1nc(C(F)(F)F)ccc1C#N. The number of nitriles is 1. The molecule has 0 amide bonds. The summed E-state index contributed by atoms with van der Waals surface area (Å²) >= 11 is 0. The van der Waals surface area contributed by atoms with E-state index in [-0.39, 0.29) is 23.5 Å². The topological polar surface area (TPSA) is 65.9 Å². The number of nitrogens with two attached hydrogens (primary N) is 1. The Balaban J connectivity index is 2.41. The molecule has 0 radical (unpaired) electrons. The number of halogens is 3. The number of hydrogen-bond acceptors (Lipinski definition) is 4. The first-order chi connectivity index (χ1) is 9.32. The number of aromatic nitrogens is 1. The van der Waals surface area contributed by atoms with E-state index in [1.165, 1.54) is 6.07 Å². The van der Waals surface area contributed by atoms with Gasteiger partial charge < -0.3 is 10.6 Å². The van der Waals surface area contributed by atoms with Crippen LogP contribution in [0.2, 0.25) is 0 Å². The molecule has 1 aromatic rings. The largest absolute Gasteiger partial charge is 0.433 e. The van der Waals surface area contributed by atoms with Gasteiger partial charge in [-0.1, -0.05) is 0 Å². The molecule has 1 aliphatic heterocycles. The third kappa shape index (κ3) is 2.85. The van der Waals surface area contributed by atoms with Crippen LogP contribution >= 0.6 is 0 Å². The summed E-state index contributed by atoms with van der Waals surface area (Å²) in [7, 11) is 0. The highest BCUT2D eigenvalue weighted by Crippen LogP contribution is 2.32. The van der Waals surface area contributed by atoms with Crippen LogP contribution in [0.5, 0.6) is 0 Å². The number of rotatable bonds is 1. The number of alkyl halides is 3. The summed E-state index contributed by atoms with van der Waals surface area (Å²) in [5, 5.41) is 9.06. The fourth-order valence-electron chi connectivity index (χ4n) is 2.44. The summed E-state index contributed by atoms with van der Waals surface area (Å²) in [6.45, 7) is 2.38. The van der Waals surface area contributed by atoms with E-state index in [0.29, 0.717) is 19.4 Å². The van der Waals surface area contributed by atoms with Gasteiger partial charge in [0.1, 0.15) is 17.6 Å². The summed E-state index contributed by atoms with van der Waals surface area (Å²) in [5.41, 5.74) is 5.02. The molecule has 2 unspecified atom stereocenters. The van der Waals surface area contributed by atoms with Crippen LogP contribution in [-0.4, -0.2) is 23.6 Å². The van der Waals surface area contributed by atoms with E-state index in [4.69, 9.17) is 11.0 Å². The molecular formula is C13H15F3N4. The molecule has 1 aliphatic rings. The maximum absolute atomic E-state index is 12.7. The van der Waals surface area contributed by atoms with Crippen LogP contribution in [0.15, 0.2) is 12.1 Å². The quantitative estimate of drug-likeness (QED) is 0.859. The normalized spacial score (nSPS) is 23.5.